The normalized spacial score (nSPS) is 16.6. The van der Waals surface area contributed by atoms with Crippen LogP contribution in [0.4, 0.5) is 13.2 Å². The molecule has 0 radical (unpaired) electrons. The van der Waals surface area contributed by atoms with E-state index in [1.807, 2.05) is 30.3 Å². The molecule has 2 aromatic rings. The lowest BCUT2D eigenvalue weighted by Gasteiger charge is -2.24. The molecule has 136 valence electrons. The molecule has 1 saturated heterocycles. The molecule has 1 heterocycles. The van der Waals surface area contributed by atoms with Crippen molar-refractivity contribution in [2.45, 2.75) is 25.4 Å². The van der Waals surface area contributed by atoms with Gasteiger partial charge in [-0.05, 0) is 30.5 Å². The van der Waals surface area contributed by atoms with Crippen LogP contribution in [-0.2, 0) is 11.3 Å². The van der Waals surface area contributed by atoms with Crippen molar-refractivity contribution in [1.82, 2.24) is 10.2 Å². The molecule has 2 amide bonds. The Morgan fingerprint density at radius 1 is 1.04 bits per heavy atom. The molecule has 0 aliphatic carbocycles. The number of nitrogens with one attached hydrogen (secondary N) is 1. The lowest BCUT2D eigenvalue weighted by Crippen LogP contribution is -2.46. The molecule has 0 bridgehead atoms. The molecule has 7 heteroatoms. The Labute approximate surface area is 148 Å². The number of benzene rings is 2. The summed E-state index contributed by atoms with van der Waals surface area (Å²) in [6, 6.07) is 10.1. The highest BCUT2D eigenvalue weighted by Gasteiger charge is 2.36. The quantitative estimate of drug-likeness (QED) is 0.850. The first-order chi connectivity index (χ1) is 12.5. The maximum absolute atomic E-state index is 13.9. The van der Waals surface area contributed by atoms with Crippen LogP contribution < -0.4 is 5.32 Å². The molecule has 0 unspecified atom stereocenters. The molecule has 1 fully saturated rings. The van der Waals surface area contributed by atoms with Gasteiger partial charge in [0.2, 0.25) is 5.91 Å². The maximum Gasteiger partial charge on any atom is 0.257 e. The van der Waals surface area contributed by atoms with Crippen LogP contribution in [0.5, 0.6) is 0 Å². The van der Waals surface area contributed by atoms with Gasteiger partial charge in [-0.2, -0.15) is 0 Å². The van der Waals surface area contributed by atoms with E-state index in [0.717, 1.165) is 11.6 Å². The van der Waals surface area contributed by atoms with Crippen molar-refractivity contribution in [2.75, 3.05) is 6.54 Å². The van der Waals surface area contributed by atoms with Crippen molar-refractivity contribution in [1.29, 1.82) is 0 Å². The summed E-state index contributed by atoms with van der Waals surface area (Å²) in [5.41, 5.74) is 0.329. The smallest absolute Gasteiger partial charge is 0.257 e. The summed E-state index contributed by atoms with van der Waals surface area (Å²) >= 11 is 0. The summed E-state index contributed by atoms with van der Waals surface area (Å²) in [5.74, 6) is -5.77. The second-order valence-corrected chi connectivity index (χ2v) is 6.08. The highest BCUT2D eigenvalue weighted by molar-refractivity contribution is 5.98. The van der Waals surface area contributed by atoms with E-state index in [-0.39, 0.29) is 12.5 Å². The van der Waals surface area contributed by atoms with Crippen LogP contribution in [0, 0.1) is 17.5 Å². The van der Waals surface area contributed by atoms with Crippen LogP contribution in [-0.4, -0.2) is 29.3 Å². The van der Waals surface area contributed by atoms with Crippen molar-refractivity contribution >= 4 is 11.8 Å². The molecule has 3 rings (SSSR count). The second kappa shape index (κ2) is 7.59. The van der Waals surface area contributed by atoms with Crippen LogP contribution >= 0.6 is 0 Å². The third-order valence-corrected chi connectivity index (χ3v) is 4.39. The Morgan fingerprint density at radius 3 is 2.50 bits per heavy atom. The second-order valence-electron chi connectivity index (χ2n) is 6.08. The molecule has 2 aromatic carbocycles. The maximum atomic E-state index is 13.9. The van der Waals surface area contributed by atoms with E-state index >= 15 is 0 Å². The van der Waals surface area contributed by atoms with E-state index in [2.05, 4.69) is 5.32 Å². The zero-order valence-electron chi connectivity index (χ0n) is 13.8. The number of likely N-dealkylation sites (tertiary alicyclic amines) is 1. The summed E-state index contributed by atoms with van der Waals surface area (Å²) in [4.78, 5) is 26.2. The Morgan fingerprint density at radius 2 is 1.77 bits per heavy atom. The topological polar surface area (TPSA) is 49.4 Å². The first-order valence-electron chi connectivity index (χ1n) is 8.25. The first kappa shape index (κ1) is 18.0. The van der Waals surface area contributed by atoms with Gasteiger partial charge >= 0.3 is 0 Å². The predicted octanol–water partition coefficient (Wildman–Crippen LogP) is 3.02. The largest absolute Gasteiger partial charge is 0.350 e. The number of amides is 2. The van der Waals surface area contributed by atoms with Gasteiger partial charge in [-0.25, -0.2) is 13.2 Å². The average Bonchev–Trinajstić information content (AvgIpc) is 3.14. The lowest BCUT2D eigenvalue weighted by molar-refractivity contribution is -0.125. The summed E-state index contributed by atoms with van der Waals surface area (Å²) in [7, 11) is 0. The highest BCUT2D eigenvalue weighted by atomic mass is 19.2. The summed E-state index contributed by atoms with van der Waals surface area (Å²) in [6.07, 6.45) is 0.998. The number of halogens is 3. The monoisotopic (exact) mass is 362 g/mol. The highest BCUT2D eigenvalue weighted by Crippen LogP contribution is 2.23. The minimum Gasteiger partial charge on any atom is -0.350 e. The van der Waals surface area contributed by atoms with Crippen molar-refractivity contribution in [3.63, 3.8) is 0 Å². The van der Waals surface area contributed by atoms with E-state index in [0.29, 0.717) is 25.5 Å². The van der Waals surface area contributed by atoms with Crippen molar-refractivity contribution < 1.29 is 22.8 Å². The van der Waals surface area contributed by atoms with Crippen molar-refractivity contribution in [2.24, 2.45) is 0 Å². The predicted molar refractivity (Wildman–Crippen MR) is 88.7 cm³/mol. The molecule has 1 aliphatic heterocycles. The van der Waals surface area contributed by atoms with Crippen LogP contribution in [0.1, 0.15) is 28.8 Å². The van der Waals surface area contributed by atoms with Gasteiger partial charge in [-0.1, -0.05) is 30.3 Å². The number of nitrogens with zero attached hydrogens (tertiary/aromatic N) is 1. The van der Waals surface area contributed by atoms with Crippen molar-refractivity contribution in [3.8, 4) is 0 Å². The Bertz CT molecular complexity index is 827. The summed E-state index contributed by atoms with van der Waals surface area (Å²) < 4.78 is 40.4. The number of rotatable bonds is 4. The number of carbonyl (C=O) groups is 2. The van der Waals surface area contributed by atoms with Gasteiger partial charge in [0.05, 0.1) is 5.56 Å². The zero-order chi connectivity index (χ0) is 18.7. The molecular weight excluding hydrogens is 345 g/mol. The van der Waals surface area contributed by atoms with E-state index in [1.54, 1.807) is 0 Å². The standard InChI is InChI=1S/C19H17F3N2O2/c20-14-9-8-13(16(21)17(14)22)19(26)24-10-4-7-15(24)18(25)23-11-12-5-2-1-3-6-12/h1-3,5-6,8-9,15H,4,7,10-11H2,(H,23,25)/t15-/m0/s1. The molecule has 26 heavy (non-hydrogen) atoms. The van der Waals surface area contributed by atoms with Gasteiger partial charge in [-0.3, -0.25) is 9.59 Å². The molecule has 0 saturated carbocycles. The van der Waals surface area contributed by atoms with E-state index < -0.39 is 35.0 Å². The average molecular weight is 362 g/mol. The molecule has 1 N–H and O–H groups in total. The minimum absolute atomic E-state index is 0.251. The van der Waals surface area contributed by atoms with Crippen LogP contribution in [0.15, 0.2) is 42.5 Å². The van der Waals surface area contributed by atoms with Gasteiger partial charge in [0.1, 0.15) is 6.04 Å². The first-order valence-corrected chi connectivity index (χ1v) is 8.25. The molecule has 4 nitrogen and oxygen atoms in total. The molecule has 0 aromatic heterocycles. The zero-order valence-corrected chi connectivity index (χ0v) is 13.8. The summed E-state index contributed by atoms with van der Waals surface area (Å²) in [5, 5.41) is 2.75. The molecule has 0 spiro atoms. The van der Waals surface area contributed by atoms with Gasteiger partial charge in [0.25, 0.3) is 5.91 Å². The third-order valence-electron chi connectivity index (χ3n) is 4.39. The van der Waals surface area contributed by atoms with Gasteiger partial charge in [-0.15, -0.1) is 0 Å². The fourth-order valence-electron chi connectivity index (χ4n) is 3.03. The third kappa shape index (κ3) is 3.56. The van der Waals surface area contributed by atoms with Gasteiger partial charge in [0.15, 0.2) is 17.5 Å². The number of carbonyl (C=O) groups excluding carboxylic acids is 2. The lowest BCUT2D eigenvalue weighted by atomic mass is 10.1. The fourth-order valence-corrected chi connectivity index (χ4v) is 3.03. The number of hydrogen-bond acceptors (Lipinski definition) is 2. The molecule has 1 aliphatic rings. The van der Waals surface area contributed by atoms with E-state index in [1.165, 1.54) is 4.90 Å². The van der Waals surface area contributed by atoms with E-state index in [4.69, 9.17) is 0 Å². The Balaban J connectivity index is 1.72. The van der Waals surface area contributed by atoms with Crippen LogP contribution in [0.3, 0.4) is 0 Å². The van der Waals surface area contributed by atoms with Crippen LogP contribution in [0.2, 0.25) is 0 Å². The minimum atomic E-state index is -1.69. The summed E-state index contributed by atoms with van der Waals surface area (Å²) in [6.45, 7) is 0.554. The molecule has 1 atom stereocenters. The fraction of sp³-hybridized carbons (Fsp3) is 0.263. The van der Waals surface area contributed by atoms with Gasteiger partial charge < -0.3 is 10.2 Å². The van der Waals surface area contributed by atoms with Gasteiger partial charge in [0, 0.05) is 13.1 Å². The van der Waals surface area contributed by atoms with Crippen molar-refractivity contribution in [3.05, 3.63) is 71.0 Å². The molecular formula is C19H17F3N2O2. The Kier molecular flexibility index (Phi) is 5.25. The van der Waals surface area contributed by atoms with E-state index in [9.17, 15) is 22.8 Å². The number of hydrogen-bond donors (Lipinski definition) is 1. The Hall–Kier alpha value is -2.83. The SMILES string of the molecule is O=C(NCc1ccccc1)[C@@H]1CCCN1C(=O)c1ccc(F)c(F)c1F. The van der Waals surface area contributed by atoms with Crippen LogP contribution in [0.25, 0.3) is 0 Å².